The second-order valence-electron chi connectivity index (χ2n) is 7.99. The lowest BCUT2D eigenvalue weighted by atomic mass is 9.92. The first kappa shape index (κ1) is 25.7. The Morgan fingerprint density at radius 2 is 1.87 bits per heavy atom. The molecule has 31 heavy (non-hydrogen) atoms. The Labute approximate surface area is 205 Å². The quantitative estimate of drug-likeness (QED) is 0.464. The molecule has 0 spiro atoms. The number of rotatable bonds is 9. The molecule has 2 atom stereocenters. The zero-order valence-corrected chi connectivity index (χ0v) is 21.3. The molecule has 0 bridgehead atoms. The van der Waals surface area contributed by atoms with Crippen molar-refractivity contribution in [1.82, 2.24) is 15.1 Å². The molecule has 1 aromatic heterocycles. The van der Waals surface area contributed by atoms with Crippen molar-refractivity contribution in [3.05, 3.63) is 63.8 Å². The van der Waals surface area contributed by atoms with Crippen LogP contribution >= 0.6 is 23.2 Å². The summed E-state index contributed by atoms with van der Waals surface area (Å²) in [4.78, 5) is 13.0. The number of carbonyl (C=O) groups excluding carboxylic acids is 1. The summed E-state index contributed by atoms with van der Waals surface area (Å²) < 4.78 is 1.83. The number of hydrogen-bond acceptors (Lipinski definition) is 2. The van der Waals surface area contributed by atoms with Gasteiger partial charge in [-0.1, -0.05) is 81.1 Å². The normalized spacial score (nSPS) is 12.9. The topological polar surface area (TPSA) is 46.9 Å². The van der Waals surface area contributed by atoms with Crippen molar-refractivity contribution in [1.29, 1.82) is 0 Å². The number of benzene rings is 2. The number of fused-ring (bicyclic) bond motifs is 1. The summed E-state index contributed by atoms with van der Waals surface area (Å²) in [5, 5.41) is 9.78. The molecule has 1 N–H and O–H groups in total. The molecule has 0 aliphatic heterocycles. The Morgan fingerprint density at radius 1 is 1.13 bits per heavy atom. The van der Waals surface area contributed by atoms with Crippen molar-refractivity contribution in [2.75, 3.05) is 6.54 Å². The minimum absolute atomic E-state index is 0. The van der Waals surface area contributed by atoms with Crippen LogP contribution in [0, 0.1) is 11.8 Å². The van der Waals surface area contributed by atoms with Crippen LogP contribution in [0.4, 0.5) is 0 Å². The third-order valence-corrected chi connectivity index (χ3v) is 6.36. The summed E-state index contributed by atoms with van der Waals surface area (Å²) in [5.74, 6) is 1.01. The average molecular weight is 526 g/mol. The van der Waals surface area contributed by atoms with Crippen LogP contribution in [0.5, 0.6) is 0 Å². The Balaban J connectivity index is 0.00000341. The highest BCUT2D eigenvalue weighted by Crippen LogP contribution is 2.25. The number of aromatic nitrogens is 2. The van der Waals surface area contributed by atoms with E-state index in [1.54, 1.807) is 6.07 Å². The monoisotopic (exact) mass is 524 g/mol. The van der Waals surface area contributed by atoms with E-state index in [0.29, 0.717) is 40.7 Å². The van der Waals surface area contributed by atoms with Crippen LogP contribution in [0.25, 0.3) is 10.9 Å². The summed E-state index contributed by atoms with van der Waals surface area (Å²) in [6.07, 6.45) is 3.33. The van der Waals surface area contributed by atoms with E-state index in [1.807, 2.05) is 41.1 Å². The SMILES string of the molecule is CCC(C)CC(CC)CNC(=O)c1nn(Cc2ccc(Cl)cc2Cl)c2ccccc12.[Br-]. The highest BCUT2D eigenvalue weighted by molar-refractivity contribution is 6.35. The molecule has 1 heterocycles. The molecule has 3 rings (SSSR count). The van der Waals surface area contributed by atoms with E-state index in [-0.39, 0.29) is 22.9 Å². The van der Waals surface area contributed by atoms with Gasteiger partial charge in [0.15, 0.2) is 5.69 Å². The standard InChI is InChI=1S/C24H29Cl2N3O.BrH/c1-4-16(3)12-17(5-2)14-27-24(30)23-20-8-6-7-9-22(20)29(28-23)15-18-10-11-19(25)13-21(18)26;/h6-11,13,16-17H,4-5,12,14-15H2,1-3H3,(H,27,30);1H/p-1. The highest BCUT2D eigenvalue weighted by atomic mass is 79.9. The predicted octanol–water partition coefficient (Wildman–Crippen LogP) is 3.59. The number of nitrogens with one attached hydrogen (secondary N) is 1. The molecule has 0 saturated carbocycles. The summed E-state index contributed by atoms with van der Waals surface area (Å²) in [6.45, 7) is 7.79. The maximum atomic E-state index is 13.0. The van der Waals surface area contributed by atoms with E-state index in [2.05, 4.69) is 31.2 Å². The second-order valence-corrected chi connectivity index (χ2v) is 8.84. The van der Waals surface area contributed by atoms with Crippen molar-refractivity contribution in [2.45, 2.75) is 46.6 Å². The van der Waals surface area contributed by atoms with Crippen molar-refractivity contribution < 1.29 is 21.8 Å². The number of halogens is 3. The van der Waals surface area contributed by atoms with Gasteiger partial charge in [0, 0.05) is 22.0 Å². The Hall–Kier alpha value is -1.56. The van der Waals surface area contributed by atoms with Crippen molar-refractivity contribution >= 4 is 40.0 Å². The van der Waals surface area contributed by atoms with E-state index in [9.17, 15) is 4.79 Å². The molecule has 2 aromatic carbocycles. The summed E-state index contributed by atoms with van der Waals surface area (Å²) in [5.41, 5.74) is 2.26. The van der Waals surface area contributed by atoms with E-state index in [0.717, 1.165) is 35.7 Å². The van der Waals surface area contributed by atoms with Gasteiger partial charge in [-0.25, -0.2) is 0 Å². The van der Waals surface area contributed by atoms with E-state index >= 15 is 0 Å². The largest absolute Gasteiger partial charge is 1.00 e. The number of para-hydroxylation sites is 1. The van der Waals surface area contributed by atoms with Crippen molar-refractivity contribution in [3.63, 3.8) is 0 Å². The van der Waals surface area contributed by atoms with E-state index in [1.165, 1.54) is 0 Å². The first-order valence-corrected chi connectivity index (χ1v) is 11.4. The fourth-order valence-corrected chi connectivity index (χ4v) is 4.15. The van der Waals surface area contributed by atoms with Gasteiger partial charge in [0.1, 0.15) is 0 Å². The van der Waals surface area contributed by atoms with Gasteiger partial charge in [-0.05, 0) is 42.0 Å². The lowest BCUT2D eigenvalue weighted by molar-refractivity contribution is -0.0000144. The molecule has 0 aliphatic rings. The fraction of sp³-hybridized carbons (Fsp3) is 0.417. The van der Waals surface area contributed by atoms with Gasteiger partial charge < -0.3 is 22.3 Å². The molecule has 2 unspecified atom stereocenters. The molecule has 0 saturated heterocycles. The minimum atomic E-state index is -0.130. The fourth-order valence-electron chi connectivity index (χ4n) is 3.68. The lowest BCUT2D eigenvalue weighted by Crippen LogP contribution is -3.00. The Bertz CT molecular complexity index is 1020. The van der Waals surface area contributed by atoms with Crippen LogP contribution in [0.2, 0.25) is 10.0 Å². The van der Waals surface area contributed by atoms with Gasteiger partial charge in [-0.2, -0.15) is 5.10 Å². The third kappa shape index (κ3) is 6.47. The van der Waals surface area contributed by atoms with Gasteiger partial charge in [0.25, 0.3) is 5.91 Å². The summed E-state index contributed by atoms with van der Waals surface area (Å²) >= 11 is 12.4. The van der Waals surface area contributed by atoms with Gasteiger partial charge in [-0.3, -0.25) is 9.48 Å². The lowest BCUT2D eigenvalue weighted by Gasteiger charge is -2.19. The van der Waals surface area contributed by atoms with E-state index in [4.69, 9.17) is 23.2 Å². The minimum Gasteiger partial charge on any atom is -1.00 e. The smallest absolute Gasteiger partial charge is 0.272 e. The molecule has 168 valence electrons. The van der Waals surface area contributed by atoms with Crippen molar-refractivity contribution in [3.8, 4) is 0 Å². The van der Waals surface area contributed by atoms with Crippen LogP contribution in [-0.2, 0) is 6.54 Å². The van der Waals surface area contributed by atoms with Gasteiger partial charge in [-0.15, -0.1) is 0 Å². The van der Waals surface area contributed by atoms with Crippen LogP contribution in [0.1, 0.15) is 56.1 Å². The Morgan fingerprint density at radius 3 is 2.55 bits per heavy atom. The zero-order valence-electron chi connectivity index (χ0n) is 18.2. The Kier molecular flexibility index (Phi) is 9.86. The van der Waals surface area contributed by atoms with Gasteiger partial charge in [0.2, 0.25) is 0 Å². The molecule has 0 radical (unpaired) electrons. The molecule has 1 amide bonds. The molecular formula is C24H29BrCl2N3O-. The summed E-state index contributed by atoms with van der Waals surface area (Å²) in [6, 6.07) is 13.2. The first-order valence-electron chi connectivity index (χ1n) is 10.6. The third-order valence-electron chi connectivity index (χ3n) is 5.77. The molecule has 0 aliphatic carbocycles. The number of amides is 1. The van der Waals surface area contributed by atoms with Crippen LogP contribution in [-0.4, -0.2) is 22.2 Å². The number of carbonyl (C=O) groups is 1. The molecule has 4 nitrogen and oxygen atoms in total. The molecule has 7 heteroatoms. The first-order chi connectivity index (χ1) is 14.4. The second kappa shape index (κ2) is 11.9. The summed E-state index contributed by atoms with van der Waals surface area (Å²) in [7, 11) is 0. The predicted molar refractivity (Wildman–Crippen MR) is 125 cm³/mol. The van der Waals surface area contributed by atoms with Crippen LogP contribution in [0.3, 0.4) is 0 Å². The number of nitrogens with zero attached hydrogens (tertiary/aromatic N) is 2. The maximum absolute atomic E-state index is 13.0. The molecular weight excluding hydrogens is 497 g/mol. The van der Waals surface area contributed by atoms with Crippen LogP contribution < -0.4 is 22.3 Å². The average Bonchev–Trinajstić information content (AvgIpc) is 3.11. The van der Waals surface area contributed by atoms with Gasteiger partial charge in [0.05, 0.1) is 12.1 Å². The highest BCUT2D eigenvalue weighted by Gasteiger charge is 2.19. The molecule has 3 aromatic rings. The molecule has 0 fully saturated rings. The van der Waals surface area contributed by atoms with Crippen LogP contribution in [0.15, 0.2) is 42.5 Å². The number of hydrogen-bond donors (Lipinski definition) is 1. The van der Waals surface area contributed by atoms with Crippen molar-refractivity contribution in [2.24, 2.45) is 11.8 Å². The zero-order chi connectivity index (χ0) is 21.7. The van der Waals surface area contributed by atoms with Gasteiger partial charge >= 0.3 is 0 Å². The van der Waals surface area contributed by atoms with E-state index < -0.39 is 0 Å². The maximum Gasteiger partial charge on any atom is 0.272 e.